The highest BCUT2D eigenvalue weighted by atomic mass is 16.6. The van der Waals surface area contributed by atoms with Gasteiger partial charge in [-0.1, -0.05) is 13.3 Å². The highest BCUT2D eigenvalue weighted by Gasteiger charge is 2.64. The Bertz CT molecular complexity index is 624. The van der Waals surface area contributed by atoms with Crippen molar-refractivity contribution < 1.29 is 24.9 Å². The maximum absolute atomic E-state index is 12.5. The molecule has 20 heavy (non-hydrogen) atoms. The Morgan fingerprint density at radius 1 is 1.40 bits per heavy atom. The number of hydrogen-bond donors (Lipinski definition) is 4. The van der Waals surface area contributed by atoms with Gasteiger partial charge in [0.15, 0.2) is 0 Å². The Morgan fingerprint density at radius 2 is 2.15 bits per heavy atom. The van der Waals surface area contributed by atoms with Gasteiger partial charge < -0.3 is 25.4 Å². The molecule has 3 rings (SSSR count). The molecule has 2 aliphatic heterocycles. The number of carbonyl (C=O) groups is 1. The van der Waals surface area contributed by atoms with Crippen LogP contribution in [0.25, 0.3) is 0 Å². The predicted molar refractivity (Wildman–Crippen MR) is 69.6 cm³/mol. The van der Waals surface area contributed by atoms with Gasteiger partial charge in [0.2, 0.25) is 11.5 Å². The first-order valence-corrected chi connectivity index (χ1v) is 6.45. The molecule has 0 radical (unpaired) electrons. The molecule has 106 valence electrons. The van der Waals surface area contributed by atoms with Crippen molar-refractivity contribution >= 4 is 5.78 Å². The van der Waals surface area contributed by atoms with E-state index in [1.54, 1.807) is 12.3 Å². The minimum Gasteiger partial charge on any atom is -0.507 e. The van der Waals surface area contributed by atoms with E-state index in [1.807, 2.05) is 6.92 Å². The molecule has 1 saturated heterocycles. The minimum absolute atomic E-state index is 0.218. The second kappa shape index (κ2) is 4.14. The Labute approximate surface area is 115 Å². The van der Waals surface area contributed by atoms with Gasteiger partial charge in [-0.15, -0.1) is 0 Å². The van der Waals surface area contributed by atoms with Crippen molar-refractivity contribution in [2.75, 3.05) is 0 Å². The number of fused-ring (bicyclic) bond motifs is 1. The third kappa shape index (κ3) is 1.58. The number of nitrogens with one attached hydrogen (secondary N) is 1. The van der Waals surface area contributed by atoms with Crippen molar-refractivity contribution in [2.24, 2.45) is 0 Å². The van der Waals surface area contributed by atoms with Crippen LogP contribution < -0.4 is 5.32 Å². The molecule has 2 heterocycles. The van der Waals surface area contributed by atoms with E-state index < -0.39 is 17.3 Å². The first-order chi connectivity index (χ1) is 9.51. The number of hydrogen-bond acceptors (Lipinski definition) is 6. The number of rotatable bonds is 4. The van der Waals surface area contributed by atoms with E-state index >= 15 is 0 Å². The average Bonchev–Trinajstić information content (AvgIpc) is 2.97. The smallest absolute Gasteiger partial charge is 0.234 e. The van der Waals surface area contributed by atoms with E-state index in [9.17, 15) is 20.1 Å². The summed E-state index contributed by atoms with van der Waals surface area (Å²) in [7, 11) is 0. The highest BCUT2D eigenvalue weighted by Crippen LogP contribution is 2.46. The van der Waals surface area contributed by atoms with Gasteiger partial charge in [0.25, 0.3) is 0 Å². The van der Waals surface area contributed by atoms with Crippen molar-refractivity contribution in [3.63, 3.8) is 0 Å². The van der Waals surface area contributed by atoms with Gasteiger partial charge in [-0.25, -0.2) is 0 Å². The molecule has 0 spiro atoms. The summed E-state index contributed by atoms with van der Waals surface area (Å²) >= 11 is 0. The van der Waals surface area contributed by atoms with Gasteiger partial charge in [-0.2, -0.15) is 0 Å². The fraction of sp³-hybridized carbons (Fsp3) is 0.357. The molecule has 6 nitrogen and oxygen atoms in total. The van der Waals surface area contributed by atoms with E-state index in [4.69, 9.17) is 4.74 Å². The lowest BCUT2D eigenvalue weighted by atomic mass is 9.96. The third-order valence-corrected chi connectivity index (χ3v) is 3.65. The molecule has 1 fully saturated rings. The van der Waals surface area contributed by atoms with Crippen molar-refractivity contribution in [3.05, 3.63) is 29.5 Å². The van der Waals surface area contributed by atoms with E-state index in [-0.39, 0.29) is 28.7 Å². The molecule has 0 bridgehead atoms. The van der Waals surface area contributed by atoms with Gasteiger partial charge >= 0.3 is 0 Å². The van der Waals surface area contributed by atoms with Crippen LogP contribution in [0.4, 0.5) is 0 Å². The molecular weight excluding hydrogens is 262 g/mol. The highest BCUT2D eigenvalue weighted by molar-refractivity contribution is 6.09. The summed E-state index contributed by atoms with van der Waals surface area (Å²) in [5.41, 5.74) is -1.17. The summed E-state index contributed by atoms with van der Waals surface area (Å²) in [4.78, 5) is 12.5. The number of phenolic OH excluding ortho intramolecular Hbond substituents is 3. The number of ketones is 1. The number of epoxide rings is 1. The molecule has 2 aliphatic rings. The summed E-state index contributed by atoms with van der Waals surface area (Å²) in [6.45, 7) is 1.88. The molecule has 0 saturated carbocycles. The maximum Gasteiger partial charge on any atom is 0.234 e. The molecule has 0 amide bonds. The fourth-order valence-electron chi connectivity index (χ4n) is 2.55. The zero-order valence-corrected chi connectivity index (χ0v) is 10.9. The van der Waals surface area contributed by atoms with Crippen LogP contribution in [0.5, 0.6) is 17.2 Å². The van der Waals surface area contributed by atoms with Crippen LogP contribution >= 0.6 is 0 Å². The second-order valence-electron chi connectivity index (χ2n) is 4.97. The maximum atomic E-state index is 12.5. The lowest BCUT2D eigenvalue weighted by Gasteiger charge is -2.15. The summed E-state index contributed by atoms with van der Waals surface area (Å²) in [5.74, 6) is -1.60. The van der Waals surface area contributed by atoms with Crippen LogP contribution in [0.15, 0.2) is 18.3 Å². The van der Waals surface area contributed by atoms with Crippen molar-refractivity contribution in [1.82, 2.24) is 5.32 Å². The van der Waals surface area contributed by atoms with Crippen molar-refractivity contribution in [1.29, 1.82) is 0 Å². The zero-order chi connectivity index (χ0) is 14.5. The number of ether oxygens (including phenoxy) is 1. The molecule has 0 aromatic heterocycles. The number of phenols is 3. The average molecular weight is 277 g/mol. The molecule has 2 unspecified atom stereocenters. The Morgan fingerprint density at radius 3 is 2.70 bits per heavy atom. The van der Waals surface area contributed by atoms with Crippen LogP contribution in [-0.4, -0.2) is 32.9 Å². The van der Waals surface area contributed by atoms with Crippen LogP contribution in [0.2, 0.25) is 0 Å². The molecule has 1 aromatic carbocycles. The standard InChI is InChI=1S/C14H15NO5/c1-2-3-7-8(16)6-9(17)11(12(7)18)13(19)14-10(20-14)4-5-15-14/h4-6,10,15-18H,2-3H2,1H3. The predicted octanol–water partition coefficient (Wildman–Crippen LogP) is 1.15. The molecule has 1 aromatic rings. The molecule has 4 N–H and O–H groups in total. The van der Waals surface area contributed by atoms with Crippen molar-refractivity contribution in [3.8, 4) is 17.2 Å². The molecule has 0 aliphatic carbocycles. The molecule has 6 heteroatoms. The zero-order valence-electron chi connectivity index (χ0n) is 10.9. The monoisotopic (exact) mass is 277 g/mol. The van der Waals surface area contributed by atoms with Gasteiger partial charge in [0, 0.05) is 11.6 Å². The van der Waals surface area contributed by atoms with Crippen LogP contribution in [-0.2, 0) is 11.2 Å². The van der Waals surface area contributed by atoms with Gasteiger partial charge in [0.05, 0.1) is 0 Å². The minimum atomic E-state index is -1.21. The normalized spacial score (nSPS) is 26.1. The fourth-order valence-corrected chi connectivity index (χ4v) is 2.55. The van der Waals surface area contributed by atoms with Crippen LogP contribution in [0, 0.1) is 0 Å². The van der Waals surface area contributed by atoms with E-state index in [0.29, 0.717) is 12.8 Å². The Hall–Kier alpha value is -2.21. The van der Waals surface area contributed by atoms with Gasteiger partial charge in [0.1, 0.15) is 28.9 Å². The quantitative estimate of drug-likeness (QED) is 0.486. The summed E-state index contributed by atoms with van der Waals surface area (Å²) in [5, 5.41) is 32.6. The number of benzene rings is 1. The Balaban J connectivity index is 2.05. The van der Waals surface area contributed by atoms with Crippen molar-refractivity contribution in [2.45, 2.75) is 31.6 Å². The Kier molecular flexibility index (Phi) is 2.65. The topological polar surface area (TPSA) is 102 Å². The summed E-state index contributed by atoms with van der Waals surface area (Å²) < 4.78 is 5.26. The van der Waals surface area contributed by atoms with E-state index in [0.717, 1.165) is 6.07 Å². The van der Waals surface area contributed by atoms with Gasteiger partial charge in [-0.05, 0) is 18.7 Å². The number of aromatic hydroxyl groups is 3. The molecule has 2 atom stereocenters. The first-order valence-electron chi connectivity index (χ1n) is 6.45. The summed E-state index contributed by atoms with van der Waals surface area (Å²) in [6.07, 6.45) is 4.01. The molecular formula is C14H15NO5. The SMILES string of the molecule is CCCc1c(O)cc(O)c(C(=O)C23NC=CC2O3)c1O. The lowest BCUT2D eigenvalue weighted by molar-refractivity contribution is 0.0845. The van der Waals surface area contributed by atoms with Crippen LogP contribution in [0.1, 0.15) is 29.3 Å². The number of carbonyl (C=O) groups excluding carboxylic acids is 1. The lowest BCUT2D eigenvalue weighted by Crippen LogP contribution is -2.37. The summed E-state index contributed by atoms with van der Waals surface area (Å²) in [6, 6.07) is 1.08. The second-order valence-corrected chi connectivity index (χ2v) is 4.97. The third-order valence-electron chi connectivity index (χ3n) is 3.65. The van der Waals surface area contributed by atoms with Gasteiger partial charge in [-0.3, -0.25) is 4.79 Å². The van der Waals surface area contributed by atoms with E-state index in [1.165, 1.54) is 0 Å². The first kappa shape index (κ1) is 12.8. The van der Waals surface area contributed by atoms with Crippen LogP contribution in [0.3, 0.4) is 0 Å². The number of Topliss-reactive ketones (excluding diaryl/α,β-unsaturated/α-hetero) is 1. The largest absolute Gasteiger partial charge is 0.507 e. The van der Waals surface area contributed by atoms with E-state index in [2.05, 4.69) is 5.32 Å².